The van der Waals surface area contributed by atoms with Gasteiger partial charge in [0.1, 0.15) is 0 Å². The number of carbonyl (C=O) groups excluding carboxylic acids is 2. The summed E-state index contributed by atoms with van der Waals surface area (Å²) in [4.78, 5) is 28.4. The van der Waals surface area contributed by atoms with Gasteiger partial charge in [-0.05, 0) is 39.3 Å². The molecule has 6 heteroatoms. The summed E-state index contributed by atoms with van der Waals surface area (Å²) in [5.41, 5.74) is 2.51. The summed E-state index contributed by atoms with van der Waals surface area (Å²) in [5.74, 6) is -0.323. The Kier molecular flexibility index (Phi) is 8.41. The van der Waals surface area contributed by atoms with Crippen LogP contribution in [0.25, 0.3) is 0 Å². The lowest BCUT2D eigenvalue weighted by Gasteiger charge is -2.27. The van der Waals surface area contributed by atoms with Crippen LogP contribution in [0.3, 0.4) is 0 Å². The molecule has 0 spiro atoms. The van der Waals surface area contributed by atoms with Gasteiger partial charge in [0.05, 0.1) is 12.1 Å². The second-order valence-electron chi connectivity index (χ2n) is 6.58. The smallest absolute Gasteiger partial charge is 0.256 e. The van der Waals surface area contributed by atoms with Crippen LogP contribution in [0.1, 0.15) is 36.2 Å². The van der Waals surface area contributed by atoms with E-state index < -0.39 is 0 Å². The summed E-state index contributed by atoms with van der Waals surface area (Å²) in [5, 5.41) is 2.80. The predicted molar refractivity (Wildman–Crippen MR) is 101 cm³/mol. The molecular weight excluding hydrogens is 318 g/mol. The maximum absolute atomic E-state index is 12.9. The molecule has 0 aliphatic heterocycles. The van der Waals surface area contributed by atoms with Crippen molar-refractivity contribution in [3.05, 3.63) is 29.3 Å². The third-order valence-corrected chi connectivity index (χ3v) is 4.11. The predicted octanol–water partition coefficient (Wildman–Crippen LogP) is 2.06. The number of rotatable bonds is 9. The molecule has 0 heterocycles. The number of likely N-dealkylation sites (N-methyl/N-ethyl adjacent to an activating group) is 1. The second-order valence-corrected chi connectivity index (χ2v) is 6.58. The van der Waals surface area contributed by atoms with Crippen molar-refractivity contribution in [1.82, 2.24) is 10.2 Å². The first-order chi connectivity index (χ1) is 11.8. The standard InChI is InChI=1S/C19H31N3O3/c1-14(2)22(5)17-9-8-15(3)12-16(17)19(24)21(4)13-18(23)20-10-7-11-25-6/h8-9,12,14H,7,10-11,13H2,1-6H3,(H,20,23). The monoisotopic (exact) mass is 349 g/mol. The highest BCUT2D eigenvalue weighted by atomic mass is 16.5. The molecule has 6 nitrogen and oxygen atoms in total. The van der Waals surface area contributed by atoms with Gasteiger partial charge >= 0.3 is 0 Å². The van der Waals surface area contributed by atoms with Gasteiger partial charge in [-0.15, -0.1) is 0 Å². The van der Waals surface area contributed by atoms with Crippen LogP contribution < -0.4 is 10.2 Å². The van der Waals surface area contributed by atoms with Crippen LogP contribution >= 0.6 is 0 Å². The zero-order chi connectivity index (χ0) is 19.0. The van der Waals surface area contributed by atoms with Gasteiger partial charge in [-0.2, -0.15) is 0 Å². The van der Waals surface area contributed by atoms with Gasteiger partial charge < -0.3 is 19.9 Å². The lowest BCUT2D eigenvalue weighted by atomic mass is 10.1. The number of hydrogen-bond donors (Lipinski definition) is 1. The van der Waals surface area contributed by atoms with Crippen molar-refractivity contribution in [2.24, 2.45) is 0 Å². The fourth-order valence-corrected chi connectivity index (χ4v) is 2.40. The number of nitrogens with one attached hydrogen (secondary N) is 1. The van der Waals surface area contributed by atoms with Crippen molar-refractivity contribution in [3.63, 3.8) is 0 Å². The largest absolute Gasteiger partial charge is 0.385 e. The van der Waals surface area contributed by atoms with Crippen molar-refractivity contribution in [3.8, 4) is 0 Å². The van der Waals surface area contributed by atoms with E-state index in [2.05, 4.69) is 24.1 Å². The number of nitrogens with zero attached hydrogens (tertiary/aromatic N) is 2. The van der Waals surface area contributed by atoms with E-state index >= 15 is 0 Å². The van der Waals surface area contributed by atoms with Crippen LogP contribution in [0.4, 0.5) is 5.69 Å². The van der Waals surface area contributed by atoms with E-state index in [9.17, 15) is 9.59 Å². The summed E-state index contributed by atoms with van der Waals surface area (Å²) < 4.78 is 4.95. The third-order valence-electron chi connectivity index (χ3n) is 4.11. The van der Waals surface area contributed by atoms with Crippen LogP contribution in [-0.4, -0.2) is 63.7 Å². The number of benzene rings is 1. The van der Waals surface area contributed by atoms with E-state index in [0.717, 1.165) is 17.7 Å². The first-order valence-electron chi connectivity index (χ1n) is 8.62. The molecule has 140 valence electrons. The lowest BCUT2D eigenvalue weighted by molar-refractivity contribution is -0.121. The lowest BCUT2D eigenvalue weighted by Crippen LogP contribution is -2.39. The third kappa shape index (κ3) is 6.38. The van der Waals surface area contributed by atoms with Gasteiger partial charge in [0.2, 0.25) is 5.91 Å². The number of carbonyl (C=O) groups is 2. The normalized spacial score (nSPS) is 10.7. The molecule has 0 saturated carbocycles. The Balaban J connectivity index is 2.81. The fraction of sp³-hybridized carbons (Fsp3) is 0.579. The minimum absolute atomic E-state index is 0.0323. The Morgan fingerprint density at radius 1 is 1.24 bits per heavy atom. The number of aryl methyl sites for hydroxylation is 1. The van der Waals surface area contributed by atoms with Gasteiger partial charge in [-0.1, -0.05) is 11.6 Å². The first kappa shape index (κ1) is 21.0. The number of methoxy groups -OCH3 is 1. The number of anilines is 1. The second kappa shape index (κ2) is 10.0. The van der Waals surface area contributed by atoms with Crippen LogP contribution in [0, 0.1) is 6.92 Å². The first-order valence-corrected chi connectivity index (χ1v) is 8.62. The molecule has 1 rings (SSSR count). The summed E-state index contributed by atoms with van der Waals surface area (Å²) in [6.07, 6.45) is 0.751. The number of amides is 2. The van der Waals surface area contributed by atoms with Gasteiger partial charge in [0, 0.05) is 46.1 Å². The molecular formula is C19H31N3O3. The SMILES string of the molecule is COCCCNC(=O)CN(C)C(=O)c1cc(C)ccc1N(C)C(C)C. The molecule has 25 heavy (non-hydrogen) atoms. The average Bonchev–Trinajstić information content (AvgIpc) is 2.57. The molecule has 0 aliphatic carbocycles. The maximum atomic E-state index is 12.9. The van der Waals surface area contributed by atoms with E-state index in [1.165, 1.54) is 4.90 Å². The molecule has 1 aromatic carbocycles. The highest BCUT2D eigenvalue weighted by Crippen LogP contribution is 2.24. The Labute approximate surface area is 151 Å². The molecule has 1 aromatic rings. The Morgan fingerprint density at radius 2 is 1.92 bits per heavy atom. The van der Waals surface area contributed by atoms with E-state index in [1.54, 1.807) is 14.2 Å². The summed E-state index contributed by atoms with van der Waals surface area (Å²) >= 11 is 0. The van der Waals surface area contributed by atoms with Crippen LogP contribution in [0.15, 0.2) is 18.2 Å². The van der Waals surface area contributed by atoms with Gasteiger partial charge in [-0.3, -0.25) is 9.59 Å². The van der Waals surface area contributed by atoms with Crippen LogP contribution in [0.2, 0.25) is 0 Å². The van der Waals surface area contributed by atoms with Gasteiger partial charge in [0.25, 0.3) is 5.91 Å². The highest BCUT2D eigenvalue weighted by Gasteiger charge is 2.20. The molecule has 0 aromatic heterocycles. The molecule has 0 aliphatic rings. The zero-order valence-electron chi connectivity index (χ0n) is 16.3. The Hall–Kier alpha value is -2.08. The summed E-state index contributed by atoms with van der Waals surface area (Å²) in [7, 11) is 5.25. The van der Waals surface area contributed by atoms with Crippen molar-refractivity contribution in [1.29, 1.82) is 0 Å². The minimum Gasteiger partial charge on any atom is -0.385 e. The van der Waals surface area contributed by atoms with Crippen LogP contribution in [-0.2, 0) is 9.53 Å². The molecule has 0 fully saturated rings. The quantitative estimate of drug-likeness (QED) is 0.693. The van der Waals surface area contributed by atoms with E-state index in [1.807, 2.05) is 32.2 Å². The van der Waals surface area contributed by atoms with Crippen molar-refractivity contribution < 1.29 is 14.3 Å². The summed E-state index contributed by atoms with van der Waals surface area (Å²) in [6.45, 7) is 7.28. The maximum Gasteiger partial charge on any atom is 0.256 e. The molecule has 0 bridgehead atoms. The van der Waals surface area contributed by atoms with Crippen molar-refractivity contribution in [2.75, 3.05) is 45.8 Å². The van der Waals surface area contributed by atoms with Crippen LogP contribution in [0.5, 0.6) is 0 Å². The van der Waals surface area contributed by atoms with Gasteiger partial charge in [-0.25, -0.2) is 0 Å². The molecule has 1 N–H and O–H groups in total. The molecule has 0 saturated heterocycles. The fourth-order valence-electron chi connectivity index (χ4n) is 2.40. The Morgan fingerprint density at radius 3 is 2.52 bits per heavy atom. The minimum atomic E-state index is -0.168. The molecule has 2 amide bonds. The number of hydrogen-bond acceptors (Lipinski definition) is 4. The summed E-state index contributed by atoms with van der Waals surface area (Å²) in [6, 6.07) is 6.10. The van der Waals surface area contributed by atoms with Crippen molar-refractivity contribution in [2.45, 2.75) is 33.2 Å². The Bertz CT molecular complexity index is 587. The molecule has 0 unspecified atom stereocenters. The van der Waals surface area contributed by atoms with Gasteiger partial charge in [0.15, 0.2) is 0 Å². The highest BCUT2D eigenvalue weighted by molar-refractivity contribution is 6.01. The van der Waals surface area contributed by atoms with E-state index in [4.69, 9.17) is 4.74 Å². The molecule has 0 radical (unpaired) electrons. The van der Waals surface area contributed by atoms with E-state index in [-0.39, 0.29) is 24.4 Å². The topological polar surface area (TPSA) is 61.9 Å². The average molecular weight is 349 g/mol. The van der Waals surface area contributed by atoms with Crippen molar-refractivity contribution >= 4 is 17.5 Å². The van der Waals surface area contributed by atoms with E-state index in [0.29, 0.717) is 18.7 Å². The number of ether oxygens (including phenoxy) is 1. The zero-order valence-corrected chi connectivity index (χ0v) is 16.3. The molecule has 0 atom stereocenters.